The third-order valence-electron chi connectivity index (χ3n) is 2.65. The van der Waals surface area contributed by atoms with Crippen molar-refractivity contribution in [3.8, 4) is 0 Å². The van der Waals surface area contributed by atoms with E-state index in [9.17, 15) is 14.9 Å². The van der Waals surface area contributed by atoms with Gasteiger partial charge >= 0.3 is 0 Å². The number of carbonyl (C=O) groups is 1. The number of halogens is 1. The lowest BCUT2D eigenvalue weighted by Gasteiger charge is -2.08. The number of nitrogens with one attached hydrogen (secondary N) is 2. The summed E-state index contributed by atoms with van der Waals surface area (Å²) in [5.74, 6) is -0.142. The maximum Gasteiger partial charge on any atom is 0.289 e. The highest BCUT2D eigenvalue weighted by Crippen LogP contribution is 2.29. The van der Waals surface area contributed by atoms with E-state index in [1.165, 1.54) is 30.4 Å². The largest absolute Gasteiger partial charge is 0.380 e. The standard InChI is InChI=1S/C13H12ClN3O3S/c1-8(18)16-11-4-5-21-13(11)7-15-9-2-3-10(14)12(6-9)17(19)20/h2-6,15H,7H2,1H3,(H,16,18). The third-order valence-corrected chi connectivity index (χ3v) is 3.89. The average Bonchev–Trinajstić information content (AvgIpc) is 2.84. The topological polar surface area (TPSA) is 84.3 Å². The van der Waals surface area contributed by atoms with Crippen LogP contribution in [0.4, 0.5) is 17.1 Å². The van der Waals surface area contributed by atoms with Crippen LogP contribution >= 0.6 is 22.9 Å². The van der Waals surface area contributed by atoms with E-state index >= 15 is 0 Å². The molecule has 1 aromatic heterocycles. The SMILES string of the molecule is CC(=O)Nc1ccsc1CNc1ccc(Cl)c([N+](=O)[O-])c1. The second-order valence-electron chi connectivity index (χ2n) is 4.22. The van der Waals surface area contributed by atoms with Gasteiger partial charge in [0, 0.05) is 23.6 Å². The fourth-order valence-electron chi connectivity index (χ4n) is 1.72. The maximum atomic E-state index is 11.1. The van der Waals surface area contributed by atoms with Crippen LogP contribution in [0.3, 0.4) is 0 Å². The van der Waals surface area contributed by atoms with Gasteiger partial charge in [-0.1, -0.05) is 11.6 Å². The zero-order valence-corrected chi connectivity index (χ0v) is 12.6. The second kappa shape index (κ2) is 6.55. The van der Waals surface area contributed by atoms with Crippen LogP contribution in [0.5, 0.6) is 0 Å². The van der Waals surface area contributed by atoms with E-state index in [1.807, 2.05) is 11.4 Å². The highest BCUT2D eigenvalue weighted by molar-refractivity contribution is 7.10. The van der Waals surface area contributed by atoms with E-state index in [0.717, 1.165) is 10.6 Å². The van der Waals surface area contributed by atoms with Crippen LogP contribution in [0.2, 0.25) is 5.02 Å². The summed E-state index contributed by atoms with van der Waals surface area (Å²) in [6.45, 7) is 1.89. The number of nitrogens with zero attached hydrogens (tertiary/aromatic N) is 1. The van der Waals surface area contributed by atoms with Crippen molar-refractivity contribution in [2.45, 2.75) is 13.5 Å². The van der Waals surface area contributed by atoms with E-state index in [4.69, 9.17) is 11.6 Å². The van der Waals surface area contributed by atoms with Gasteiger partial charge in [-0.2, -0.15) is 0 Å². The Labute approximate surface area is 129 Å². The average molecular weight is 326 g/mol. The summed E-state index contributed by atoms with van der Waals surface area (Å²) >= 11 is 7.25. The van der Waals surface area contributed by atoms with Gasteiger partial charge in [0.15, 0.2) is 0 Å². The Morgan fingerprint density at radius 1 is 1.43 bits per heavy atom. The van der Waals surface area contributed by atoms with Gasteiger partial charge in [0.25, 0.3) is 5.69 Å². The number of amides is 1. The second-order valence-corrected chi connectivity index (χ2v) is 5.62. The van der Waals surface area contributed by atoms with E-state index in [1.54, 1.807) is 6.07 Å². The van der Waals surface area contributed by atoms with Gasteiger partial charge in [-0.25, -0.2) is 0 Å². The Hall–Kier alpha value is -2.12. The van der Waals surface area contributed by atoms with Crippen LogP contribution in [-0.2, 0) is 11.3 Å². The van der Waals surface area contributed by atoms with Crippen LogP contribution in [0.15, 0.2) is 29.6 Å². The molecule has 2 aromatic rings. The van der Waals surface area contributed by atoms with Crippen molar-refractivity contribution in [3.05, 3.63) is 49.7 Å². The summed E-state index contributed by atoms with van der Waals surface area (Å²) in [7, 11) is 0. The normalized spacial score (nSPS) is 10.2. The Morgan fingerprint density at radius 3 is 2.86 bits per heavy atom. The predicted octanol–water partition coefficient (Wildman–Crippen LogP) is 3.88. The molecule has 0 aliphatic heterocycles. The van der Waals surface area contributed by atoms with Gasteiger partial charge < -0.3 is 10.6 Å². The molecule has 0 unspecified atom stereocenters. The molecule has 1 aromatic carbocycles. The molecule has 8 heteroatoms. The predicted molar refractivity (Wildman–Crippen MR) is 84.1 cm³/mol. The molecule has 0 bridgehead atoms. The van der Waals surface area contributed by atoms with Crippen molar-refractivity contribution >= 4 is 45.9 Å². The number of anilines is 2. The molecule has 1 heterocycles. The number of nitro groups is 1. The first-order valence-corrected chi connectivity index (χ1v) is 7.25. The molecule has 0 saturated carbocycles. The monoisotopic (exact) mass is 325 g/mol. The molecule has 6 nitrogen and oxygen atoms in total. The zero-order chi connectivity index (χ0) is 15.4. The summed E-state index contributed by atoms with van der Waals surface area (Å²) in [5, 5.41) is 18.6. The van der Waals surface area contributed by atoms with Gasteiger partial charge in [0.2, 0.25) is 5.91 Å². The lowest BCUT2D eigenvalue weighted by molar-refractivity contribution is -0.384. The quantitative estimate of drug-likeness (QED) is 0.645. The number of hydrogen-bond donors (Lipinski definition) is 2. The molecule has 110 valence electrons. The lowest BCUT2D eigenvalue weighted by Crippen LogP contribution is -2.08. The van der Waals surface area contributed by atoms with E-state index in [0.29, 0.717) is 12.2 Å². The van der Waals surface area contributed by atoms with E-state index in [-0.39, 0.29) is 16.6 Å². The molecule has 0 aliphatic rings. The summed E-state index contributed by atoms with van der Waals surface area (Å²) in [6.07, 6.45) is 0. The van der Waals surface area contributed by atoms with Crippen LogP contribution in [0.1, 0.15) is 11.8 Å². The number of benzene rings is 1. The number of nitro benzene ring substituents is 1. The minimum atomic E-state index is -0.526. The van der Waals surface area contributed by atoms with Crippen molar-refractivity contribution in [1.82, 2.24) is 0 Å². The molecule has 0 atom stereocenters. The number of thiophene rings is 1. The highest BCUT2D eigenvalue weighted by Gasteiger charge is 2.13. The van der Waals surface area contributed by atoms with Crippen LogP contribution in [0, 0.1) is 10.1 Å². The maximum absolute atomic E-state index is 11.1. The molecule has 0 spiro atoms. The molecule has 0 saturated heterocycles. The molecule has 2 rings (SSSR count). The third kappa shape index (κ3) is 3.93. The Balaban J connectivity index is 2.10. The van der Waals surface area contributed by atoms with Gasteiger partial charge in [-0.15, -0.1) is 11.3 Å². The minimum absolute atomic E-state index is 0.0978. The van der Waals surface area contributed by atoms with Crippen LogP contribution in [-0.4, -0.2) is 10.8 Å². The Morgan fingerprint density at radius 2 is 2.19 bits per heavy atom. The lowest BCUT2D eigenvalue weighted by atomic mass is 10.2. The summed E-state index contributed by atoms with van der Waals surface area (Å²) in [4.78, 5) is 22.3. The molecule has 0 radical (unpaired) electrons. The molecule has 1 amide bonds. The number of rotatable bonds is 5. The first-order chi connectivity index (χ1) is 9.97. The highest BCUT2D eigenvalue weighted by atomic mass is 35.5. The minimum Gasteiger partial charge on any atom is -0.380 e. The first kappa shape index (κ1) is 15.3. The molecule has 21 heavy (non-hydrogen) atoms. The first-order valence-electron chi connectivity index (χ1n) is 5.99. The summed E-state index contributed by atoms with van der Waals surface area (Å²) < 4.78 is 0. The molecule has 0 fully saturated rings. The van der Waals surface area contributed by atoms with Gasteiger partial charge in [0.1, 0.15) is 5.02 Å². The fourth-order valence-corrected chi connectivity index (χ4v) is 2.68. The van der Waals surface area contributed by atoms with Crippen molar-refractivity contribution in [3.63, 3.8) is 0 Å². The van der Waals surface area contributed by atoms with Crippen molar-refractivity contribution in [1.29, 1.82) is 0 Å². The fraction of sp³-hybridized carbons (Fsp3) is 0.154. The van der Waals surface area contributed by atoms with Crippen LogP contribution < -0.4 is 10.6 Å². The van der Waals surface area contributed by atoms with Crippen molar-refractivity contribution in [2.24, 2.45) is 0 Å². The van der Waals surface area contributed by atoms with Crippen LogP contribution in [0.25, 0.3) is 0 Å². The van der Waals surface area contributed by atoms with Gasteiger partial charge in [0.05, 0.1) is 17.2 Å². The Bertz CT molecular complexity index is 687. The Kier molecular flexibility index (Phi) is 4.77. The van der Waals surface area contributed by atoms with Gasteiger partial charge in [-0.3, -0.25) is 14.9 Å². The summed E-state index contributed by atoms with van der Waals surface area (Å²) in [5.41, 5.74) is 1.19. The molecular weight excluding hydrogens is 314 g/mol. The number of carbonyl (C=O) groups excluding carboxylic acids is 1. The van der Waals surface area contributed by atoms with Crippen molar-refractivity contribution < 1.29 is 9.72 Å². The van der Waals surface area contributed by atoms with Gasteiger partial charge in [-0.05, 0) is 23.6 Å². The number of hydrogen-bond acceptors (Lipinski definition) is 5. The molecular formula is C13H12ClN3O3S. The molecule has 0 aliphatic carbocycles. The van der Waals surface area contributed by atoms with E-state index in [2.05, 4.69) is 10.6 Å². The molecule has 2 N–H and O–H groups in total. The smallest absolute Gasteiger partial charge is 0.289 e. The van der Waals surface area contributed by atoms with Crippen molar-refractivity contribution in [2.75, 3.05) is 10.6 Å². The summed E-state index contributed by atoms with van der Waals surface area (Å²) in [6, 6.07) is 6.34. The van der Waals surface area contributed by atoms with E-state index < -0.39 is 4.92 Å². The zero-order valence-electron chi connectivity index (χ0n) is 11.1.